The zero-order chi connectivity index (χ0) is 21.0. The second kappa shape index (κ2) is 16.3. The molecular formula is C16H27NaO6P2S2. The summed E-state index contributed by atoms with van der Waals surface area (Å²) in [6, 6.07) is 16.9. The van der Waals surface area contributed by atoms with Crippen molar-refractivity contribution in [3.63, 3.8) is 0 Å². The zero-order valence-corrected chi connectivity index (χ0v) is 18.4. The molecule has 150 valence electrons. The molecule has 0 aliphatic heterocycles. The van der Waals surface area contributed by atoms with Gasteiger partial charge in [-0.25, -0.2) is 0 Å². The minimum absolute atomic E-state index is 0. The van der Waals surface area contributed by atoms with Gasteiger partial charge in [0.05, 0.1) is 0 Å². The third kappa shape index (κ3) is 37.9. The van der Waals surface area contributed by atoms with Crippen molar-refractivity contribution in [2.24, 2.45) is 0 Å². The second-order valence-electron chi connectivity index (χ2n) is 5.34. The van der Waals surface area contributed by atoms with Gasteiger partial charge in [-0.1, -0.05) is 70.8 Å². The van der Waals surface area contributed by atoms with E-state index in [0.29, 0.717) is 0 Å². The summed E-state index contributed by atoms with van der Waals surface area (Å²) in [5, 5.41) is 0. The van der Waals surface area contributed by atoms with E-state index in [0.717, 1.165) is 0 Å². The van der Waals surface area contributed by atoms with E-state index < -0.39 is 13.4 Å². The minimum atomic E-state index is -3.81. The molecule has 0 atom stereocenters. The molecule has 0 aliphatic rings. The molecule has 0 aromatic heterocycles. The summed E-state index contributed by atoms with van der Waals surface area (Å²) < 4.78 is 0. The molecular weight excluding hydrogens is 437 g/mol. The van der Waals surface area contributed by atoms with Crippen LogP contribution in [0.4, 0.5) is 0 Å². The first-order valence-corrected chi connectivity index (χ1v) is 12.5. The van der Waals surface area contributed by atoms with Crippen LogP contribution in [0.15, 0.2) is 48.5 Å². The Bertz CT molecular complexity index is 635. The Labute approximate surface area is 193 Å². The van der Waals surface area contributed by atoms with Gasteiger partial charge in [-0.15, -0.1) is 0 Å². The summed E-state index contributed by atoms with van der Waals surface area (Å²) in [5.74, 6) is 0. The standard InChI is InChI=1S/2C8H10.Na.2H3O3PS.H/c2*1-7-4-3-5-8(2)6-7;;2*1-4(2,3)5;/h2*3-6H,1-2H3;;2*(H3,1,2,3,5);. The molecule has 6 nitrogen and oxygen atoms in total. The van der Waals surface area contributed by atoms with Crippen LogP contribution in [0.2, 0.25) is 0 Å². The van der Waals surface area contributed by atoms with Gasteiger partial charge in [0.2, 0.25) is 0 Å². The molecule has 2 rings (SSSR count). The van der Waals surface area contributed by atoms with Gasteiger partial charge in [-0.2, -0.15) is 0 Å². The third-order valence-electron chi connectivity index (χ3n) is 2.35. The van der Waals surface area contributed by atoms with Crippen LogP contribution in [0, 0.1) is 27.7 Å². The zero-order valence-electron chi connectivity index (χ0n) is 15.0. The van der Waals surface area contributed by atoms with Crippen LogP contribution < -0.4 is 0 Å². The van der Waals surface area contributed by atoms with Crippen LogP contribution in [0.1, 0.15) is 22.3 Å². The number of hydrogen-bond donors (Lipinski definition) is 6. The molecule has 0 heterocycles. The molecule has 0 fully saturated rings. The fraction of sp³-hybridized carbons (Fsp3) is 0.250. The van der Waals surface area contributed by atoms with E-state index in [-0.39, 0.29) is 29.6 Å². The van der Waals surface area contributed by atoms with Crippen molar-refractivity contribution >= 4 is 66.6 Å². The Morgan fingerprint density at radius 2 is 0.704 bits per heavy atom. The predicted molar refractivity (Wildman–Crippen MR) is 121 cm³/mol. The fourth-order valence-corrected chi connectivity index (χ4v) is 1.61. The third-order valence-corrected chi connectivity index (χ3v) is 2.35. The molecule has 0 bridgehead atoms. The molecule has 0 radical (unpaired) electrons. The second-order valence-corrected chi connectivity index (χ2v) is 10.3. The van der Waals surface area contributed by atoms with Gasteiger partial charge in [0, 0.05) is 0 Å². The van der Waals surface area contributed by atoms with E-state index in [4.69, 9.17) is 29.4 Å². The monoisotopic (exact) mass is 464 g/mol. The maximum absolute atomic E-state index is 7.56. The first kappa shape index (κ1) is 32.2. The average Bonchev–Trinajstić information content (AvgIpc) is 2.34. The van der Waals surface area contributed by atoms with Crippen molar-refractivity contribution in [2.75, 3.05) is 0 Å². The van der Waals surface area contributed by atoms with E-state index in [1.54, 1.807) is 0 Å². The van der Waals surface area contributed by atoms with Gasteiger partial charge in [-0.05, 0) is 51.3 Å². The van der Waals surface area contributed by atoms with Crippen LogP contribution >= 0.6 is 13.4 Å². The summed E-state index contributed by atoms with van der Waals surface area (Å²) in [6.45, 7) is 0.806. The maximum atomic E-state index is 7.56. The van der Waals surface area contributed by atoms with Crippen molar-refractivity contribution < 1.29 is 29.4 Å². The Hall–Kier alpha value is 0.500. The molecule has 0 spiro atoms. The van der Waals surface area contributed by atoms with E-state index in [1.165, 1.54) is 22.3 Å². The van der Waals surface area contributed by atoms with E-state index in [2.05, 4.69) is 99.8 Å². The Morgan fingerprint density at radius 1 is 0.556 bits per heavy atom. The van der Waals surface area contributed by atoms with Gasteiger partial charge in [-0.3, -0.25) is 0 Å². The van der Waals surface area contributed by atoms with E-state index in [1.807, 2.05) is 0 Å². The van der Waals surface area contributed by atoms with Gasteiger partial charge >= 0.3 is 43.0 Å². The molecule has 11 heteroatoms. The fourth-order valence-electron chi connectivity index (χ4n) is 1.61. The predicted octanol–water partition coefficient (Wildman–Crippen LogP) is 2.33. The van der Waals surface area contributed by atoms with Gasteiger partial charge < -0.3 is 29.4 Å². The van der Waals surface area contributed by atoms with Crippen LogP contribution in [-0.2, 0) is 23.6 Å². The molecule has 6 N–H and O–H groups in total. The molecule has 0 saturated carbocycles. The summed E-state index contributed by atoms with van der Waals surface area (Å²) >= 11 is 7.21. The van der Waals surface area contributed by atoms with Gasteiger partial charge in [0.15, 0.2) is 0 Å². The van der Waals surface area contributed by atoms with Crippen molar-refractivity contribution in [3.05, 3.63) is 70.8 Å². The average molecular weight is 464 g/mol. The van der Waals surface area contributed by atoms with E-state index >= 15 is 0 Å². The first-order chi connectivity index (χ1) is 11.6. The number of aryl methyl sites for hydroxylation is 4. The first-order valence-electron chi connectivity index (χ1n) is 7.21. The summed E-state index contributed by atoms with van der Waals surface area (Å²) in [5.41, 5.74) is 5.35. The number of benzene rings is 2. The quantitative estimate of drug-likeness (QED) is 0.260. The summed E-state index contributed by atoms with van der Waals surface area (Å²) in [7, 11) is 0. The van der Waals surface area contributed by atoms with Crippen molar-refractivity contribution in [1.82, 2.24) is 0 Å². The van der Waals surface area contributed by atoms with Crippen molar-refractivity contribution in [2.45, 2.75) is 27.7 Å². The summed E-state index contributed by atoms with van der Waals surface area (Å²) in [6.07, 6.45) is 0. The number of rotatable bonds is 0. The van der Waals surface area contributed by atoms with Crippen LogP contribution in [0.3, 0.4) is 0 Å². The Kier molecular flexibility index (Phi) is 19.4. The molecule has 0 amide bonds. The SMILES string of the molecule is Cc1cccc(C)c1.Cc1cccc(C)c1.OP(O)(O)=S.OP(O)(O)=S.[NaH]. The summed E-state index contributed by atoms with van der Waals surface area (Å²) in [4.78, 5) is 45.3. The van der Waals surface area contributed by atoms with Gasteiger partial charge in [0.1, 0.15) is 0 Å². The Balaban J connectivity index is -0.000000289. The van der Waals surface area contributed by atoms with Crippen molar-refractivity contribution in [3.8, 4) is 0 Å². The normalized spacial score (nSPS) is 9.85. The number of hydrogen-bond acceptors (Lipinski definition) is 2. The van der Waals surface area contributed by atoms with Gasteiger partial charge in [0.25, 0.3) is 0 Å². The van der Waals surface area contributed by atoms with E-state index in [9.17, 15) is 0 Å². The molecule has 2 aromatic carbocycles. The van der Waals surface area contributed by atoms with Crippen molar-refractivity contribution in [1.29, 1.82) is 0 Å². The van der Waals surface area contributed by atoms with Crippen LogP contribution in [0.5, 0.6) is 0 Å². The molecule has 27 heavy (non-hydrogen) atoms. The van der Waals surface area contributed by atoms with Crippen LogP contribution in [0.25, 0.3) is 0 Å². The molecule has 0 aliphatic carbocycles. The Morgan fingerprint density at radius 3 is 0.778 bits per heavy atom. The topological polar surface area (TPSA) is 121 Å². The molecule has 2 aromatic rings. The van der Waals surface area contributed by atoms with Crippen LogP contribution in [-0.4, -0.2) is 58.9 Å². The molecule has 0 unspecified atom stereocenters. The molecule has 0 saturated heterocycles.